The molecule has 0 atom stereocenters. The Balaban J connectivity index is 1.37. The molecule has 0 unspecified atom stereocenters. The van der Waals surface area contributed by atoms with Crippen LogP contribution in [0.15, 0.2) is 35.3 Å². The SMILES string of the molecule is CCNC(=NCCCOC1CCOCC1)N1CCC(Oc2ccccc2)CC1. The number of nitrogens with one attached hydrogen (secondary N) is 1. The lowest BCUT2D eigenvalue weighted by Crippen LogP contribution is -2.47. The van der Waals surface area contributed by atoms with Crippen molar-refractivity contribution in [3.8, 4) is 5.75 Å². The first kappa shape index (κ1) is 20.9. The third kappa shape index (κ3) is 6.99. The highest BCUT2D eigenvalue weighted by molar-refractivity contribution is 5.80. The summed E-state index contributed by atoms with van der Waals surface area (Å²) in [5, 5.41) is 3.43. The van der Waals surface area contributed by atoms with Crippen molar-refractivity contribution in [2.45, 2.75) is 51.2 Å². The predicted octanol–water partition coefficient (Wildman–Crippen LogP) is 3.08. The van der Waals surface area contributed by atoms with Crippen LogP contribution in [0.25, 0.3) is 0 Å². The summed E-state index contributed by atoms with van der Waals surface area (Å²) >= 11 is 0. The van der Waals surface area contributed by atoms with E-state index in [-0.39, 0.29) is 6.10 Å². The second kappa shape index (κ2) is 11.9. The van der Waals surface area contributed by atoms with Crippen LogP contribution >= 0.6 is 0 Å². The number of likely N-dealkylation sites (tertiary alicyclic amines) is 1. The van der Waals surface area contributed by atoms with Crippen LogP contribution in [0.5, 0.6) is 5.75 Å². The molecule has 1 aromatic carbocycles. The van der Waals surface area contributed by atoms with Crippen molar-refractivity contribution in [1.29, 1.82) is 0 Å². The lowest BCUT2D eigenvalue weighted by atomic mass is 10.1. The first-order valence-electron chi connectivity index (χ1n) is 10.8. The van der Waals surface area contributed by atoms with Crippen molar-refractivity contribution in [1.82, 2.24) is 10.2 Å². The van der Waals surface area contributed by atoms with Gasteiger partial charge in [-0.1, -0.05) is 18.2 Å². The first-order valence-corrected chi connectivity index (χ1v) is 10.8. The number of ether oxygens (including phenoxy) is 3. The fourth-order valence-corrected chi connectivity index (χ4v) is 3.64. The second-order valence-corrected chi connectivity index (χ2v) is 7.39. The van der Waals surface area contributed by atoms with Crippen LogP contribution in [0.4, 0.5) is 0 Å². The molecule has 2 heterocycles. The molecule has 0 spiro atoms. The van der Waals surface area contributed by atoms with Gasteiger partial charge in [0, 0.05) is 58.8 Å². The first-order chi connectivity index (χ1) is 13.8. The number of guanidine groups is 1. The minimum absolute atomic E-state index is 0.286. The van der Waals surface area contributed by atoms with E-state index in [0.29, 0.717) is 6.10 Å². The van der Waals surface area contributed by atoms with E-state index < -0.39 is 0 Å². The van der Waals surface area contributed by atoms with Gasteiger partial charge < -0.3 is 24.4 Å². The van der Waals surface area contributed by atoms with E-state index in [1.807, 2.05) is 30.3 Å². The van der Waals surface area contributed by atoms with Crippen molar-refractivity contribution in [2.75, 3.05) is 46.0 Å². The lowest BCUT2D eigenvalue weighted by Gasteiger charge is -2.34. The summed E-state index contributed by atoms with van der Waals surface area (Å²) in [6, 6.07) is 10.1. The van der Waals surface area contributed by atoms with Gasteiger partial charge in [0.15, 0.2) is 5.96 Å². The molecule has 6 heteroatoms. The van der Waals surface area contributed by atoms with Crippen LogP contribution in [0.1, 0.15) is 39.0 Å². The standard InChI is InChI=1S/C22H35N3O3/c1-2-23-22(24-13-6-16-27-19-11-17-26-18-12-19)25-14-9-21(10-15-25)28-20-7-4-3-5-8-20/h3-5,7-8,19,21H,2,6,9-18H2,1H3,(H,23,24). The van der Waals surface area contributed by atoms with E-state index >= 15 is 0 Å². The van der Waals surface area contributed by atoms with E-state index in [4.69, 9.17) is 19.2 Å². The molecule has 0 radical (unpaired) electrons. The van der Waals surface area contributed by atoms with Gasteiger partial charge in [-0.2, -0.15) is 0 Å². The normalized spacial score (nSPS) is 19.6. The Morgan fingerprint density at radius 2 is 1.86 bits per heavy atom. The summed E-state index contributed by atoms with van der Waals surface area (Å²) in [6.07, 6.45) is 5.69. The second-order valence-electron chi connectivity index (χ2n) is 7.39. The zero-order valence-electron chi connectivity index (χ0n) is 17.1. The zero-order valence-corrected chi connectivity index (χ0v) is 17.1. The molecular formula is C22H35N3O3. The van der Waals surface area contributed by atoms with E-state index in [9.17, 15) is 0 Å². The van der Waals surface area contributed by atoms with Crippen molar-refractivity contribution < 1.29 is 14.2 Å². The molecule has 0 aliphatic carbocycles. The molecule has 2 fully saturated rings. The molecule has 2 aliphatic heterocycles. The maximum absolute atomic E-state index is 6.10. The topological polar surface area (TPSA) is 55.3 Å². The minimum Gasteiger partial charge on any atom is -0.490 e. The molecule has 0 aromatic heterocycles. The van der Waals surface area contributed by atoms with Crippen LogP contribution in [0.3, 0.4) is 0 Å². The Bertz CT molecular complexity index is 568. The van der Waals surface area contributed by atoms with Crippen molar-refractivity contribution in [3.05, 3.63) is 30.3 Å². The van der Waals surface area contributed by atoms with Crippen LogP contribution < -0.4 is 10.1 Å². The van der Waals surface area contributed by atoms with Crippen LogP contribution in [0, 0.1) is 0 Å². The smallest absolute Gasteiger partial charge is 0.193 e. The van der Waals surface area contributed by atoms with E-state index in [2.05, 4.69) is 17.1 Å². The van der Waals surface area contributed by atoms with Crippen LogP contribution in [-0.2, 0) is 9.47 Å². The van der Waals surface area contributed by atoms with Gasteiger partial charge in [-0.15, -0.1) is 0 Å². The van der Waals surface area contributed by atoms with Crippen molar-refractivity contribution in [3.63, 3.8) is 0 Å². The maximum atomic E-state index is 6.10. The Hall–Kier alpha value is -1.79. The maximum Gasteiger partial charge on any atom is 0.193 e. The van der Waals surface area contributed by atoms with Gasteiger partial charge in [0.05, 0.1) is 6.10 Å². The van der Waals surface area contributed by atoms with E-state index in [1.165, 1.54) is 0 Å². The van der Waals surface area contributed by atoms with Gasteiger partial charge >= 0.3 is 0 Å². The number of aliphatic imine (C=N–C) groups is 1. The fourth-order valence-electron chi connectivity index (χ4n) is 3.64. The molecule has 2 saturated heterocycles. The van der Waals surface area contributed by atoms with Gasteiger partial charge in [-0.25, -0.2) is 0 Å². The largest absolute Gasteiger partial charge is 0.490 e. The van der Waals surface area contributed by atoms with Gasteiger partial charge in [-0.3, -0.25) is 4.99 Å². The molecule has 156 valence electrons. The molecule has 6 nitrogen and oxygen atoms in total. The molecule has 0 saturated carbocycles. The minimum atomic E-state index is 0.286. The quantitative estimate of drug-likeness (QED) is 0.421. The third-order valence-electron chi connectivity index (χ3n) is 5.21. The molecule has 0 amide bonds. The highest BCUT2D eigenvalue weighted by Crippen LogP contribution is 2.18. The number of piperidine rings is 1. The van der Waals surface area contributed by atoms with Crippen molar-refractivity contribution >= 4 is 5.96 Å². The van der Waals surface area contributed by atoms with Crippen LogP contribution in [0.2, 0.25) is 0 Å². The molecular weight excluding hydrogens is 354 g/mol. The summed E-state index contributed by atoms with van der Waals surface area (Å²) in [5.41, 5.74) is 0. The number of para-hydroxylation sites is 1. The van der Waals surface area contributed by atoms with Gasteiger partial charge in [0.25, 0.3) is 0 Å². The number of nitrogens with zero attached hydrogens (tertiary/aromatic N) is 2. The molecule has 1 N–H and O–H groups in total. The number of benzene rings is 1. The predicted molar refractivity (Wildman–Crippen MR) is 112 cm³/mol. The summed E-state index contributed by atoms with van der Waals surface area (Å²) < 4.78 is 17.4. The van der Waals surface area contributed by atoms with Crippen molar-refractivity contribution in [2.24, 2.45) is 4.99 Å². The number of hydrogen-bond donors (Lipinski definition) is 1. The highest BCUT2D eigenvalue weighted by atomic mass is 16.5. The summed E-state index contributed by atoms with van der Waals surface area (Å²) in [6.45, 7) is 8.19. The molecule has 28 heavy (non-hydrogen) atoms. The third-order valence-corrected chi connectivity index (χ3v) is 5.21. The van der Waals surface area contributed by atoms with Gasteiger partial charge in [-0.05, 0) is 38.3 Å². The van der Waals surface area contributed by atoms with Gasteiger partial charge in [0.1, 0.15) is 11.9 Å². The Labute approximate surface area is 169 Å². The summed E-state index contributed by atoms with van der Waals surface area (Å²) in [4.78, 5) is 7.17. The molecule has 2 aliphatic rings. The average molecular weight is 390 g/mol. The summed E-state index contributed by atoms with van der Waals surface area (Å²) in [5.74, 6) is 1.98. The fraction of sp³-hybridized carbons (Fsp3) is 0.682. The Morgan fingerprint density at radius 3 is 2.57 bits per heavy atom. The van der Waals surface area contributed by atoms with Crippen LogP contribution in [-0.4, -0.2) is 69.1 Å². The number of hydrogen-bond acceptors (Lipinski definition) is 4. The Kier molecular flexibility index (Phi) is 8.91. The number of rotatable bonds is 8. The molecule has 3 rings (SSSR count). The zero-order chi connectivity index (χ0) is 19.4. The van der Waals surface area contributed by atoms with E-state index in [1.54, 1.807) is 0 Å². The molecule has 0 bridgehead atoms. The van der Waals surface area contributed by atoms with E-state index in [0.717, 1.165) is 89.8 Å². The molecule has 1 aromatic rings. The highest BCUT2D eigenvalue weighted by Gasteiger charge is 2.22. The summed E-state index contributed by atoms with van der Waals surface area (Å²) in [7, 11) is 0. The average Bonchev–Trinajstić information content (AvgIpc) is 2.75. The lowest BCUT2D eigenvalue weighted by molar-refractivity contribution is -0.0318. The Morgan fingerprint density at radius 1 is 1.11 bits per heavy atom. The van der Waals surface area contributed by atoms with Gasteiger partial charge in [0.2, 0.25) is 0 Å². The monoisotopic (exact) mass is 389 g/mol.